The van der Waals surface area contributed by atoms with Gasteiger partial charge >= 0.3 is 0 Å². The van der Waals surface area contributed by atoms with E-state index in [-0.39, 0.29) is 12.1 Å². The third kappa shape index (κ3) is 3.75. The molecule has 1 N–H and O–H groups in total. The fraction of sp³-hybridized carbons (Fsp3) is 0.647. The van der Waals surface area contributed by atoms with Gasteiger partial charge in [0.25, 0.3) is 0 Å². The van der Waals surface area contributed by atoms with Gasteiger partial charge in [0.05, 0.1) is 12.1 Å². The molecule has 2 atom stereocenters. The molecule has 0 amide bonds. The Labute approximate surface area is 127 Å². The predicted molar refractivity (Wildman–Crippen MR) is 85.2 cm³/mol. The van der Waals surface area contributed by atoms with Gasteiger partial charge in [-0.3, -0.25) is 0 Å². The van der Waals surface area contributed by atoms with Gasteiger partial charge < -0.3 is 10.1 Å². The second kappa shape index (κ2) is 8.02. The van der Waals surface area contributed by atoms with Crippen LogP contribution in [0, 0.1) is 5.92 Å². The van der Waals surface area contributed by atoms with Crippen molar-refractivity contribution in [3.8, 4) is 0 Å². The number of nitrogens with one attached hydrogen (secondary N) is 1. The molecule has 20 heavy (non-hydrogen) atoms. The van der Waals surface area contributed by atoms with Gasteiger partial charge in [-0.25, -0.2) is 0 Å². The summed E-state index contributed by atoms with van der Waals surface area (Å²) in [7, 11) is 1.83. The van der Waals surface area contributed by atoms with Crippen molar-refractivity contribution in [2.45, 2.75) is 51.2 Å². The molecular formula is C17H26ClNO. The smallest absolute Gasteiger partial charge is 0.0794 e. The van der Waals surface area contributed by atoms with Crippen molar-refractivity contribution in [2.75, 3.05) is 13.7 Å². The SMILES string of the molecule is CCNC(c1ccccc1Cl)C(OC)C1CCCCC1. The minimum atomic E-state index is 0.182. The molecule has 0 aliphatic heterocycles. The summed E-state index contributed by atoms with van der Waals surface area (Å²) < 4.78 is 5.89. The molecule has 0 aromatic heterocycles. The lowest BCUT2D eigenvalue weighted by atomic mass is 9.81. The molecule has 0 bridgehead atoms. The van der Waals surface area contributed by atoms with Crippen molar-refractivity contribution in [3.63, 3.8) is 0 Å². The average molecular weight is 296 g/mol. The summed E-state index contributed by atoms with van der Waals surface area (Å²) in [6.45, 7) is 3.06. The van der Waals surface area contributed by atoms with E-state index in [1.807, 2.05) is 19.2 Å². The zero-order valence-electron chi connectivity index (χ0n) is 12.6. The number of halogens is 1. The van der Waals surface area contributed by atoms with Crippen LogP contribution in [-0.2, 0) is 4.74 Å². The van der Waals surface area contributed by atoms with Gasteiger partial charge in [-0.1, -0.05) is 56.0 Å². The standard InChI is InChI=1S/C17H26ClNO/c1-3-19-16(14-11-7-8-12-15(14)18)17(20-2)13-9-5-4-6-10-13/h7-8,11-13,16-17,19H,3-6,9-10H2,1-2H3. The molecule has 2 nitrogen and oxygen atoms in total. The minimum Gasteiger partial charge on any atom is -0.379 e. The summed E-state index contributed by atoms with van der Waals surface area (Å²) in [4.78, 5) is 0. The van der Waals surface area contributed by atoms with Gasteiger partial charge in [0.2, 0.25) is 0 Å². The molecular weight excluding hydrogens is 270 g/mol. The minimum absolute atomic E-state index is 0.182. The summed E-state index contributed by atoms with van der Waals surface area (Å²) in [6, 6.07) is 8.30. The summed E-state index contributed by atoms with van der Waals surface area (Å²) in [5.74, 6) is 0.633. The van der Waals surface area contributed by atoms with Crippen molar-refractivity contribution in [2.24, 2.45) is 5.92 Å². The molecule has 1 aliphatic rings. The average Bonchev–Trinajstić information content (AvgIpc) is 2.49. The van der Waals surface area contributed by atoms with Crippen molar-refractivity contribution < 1.29 is 4.74 Å². The maximum Gasteiger partial charge on any atom is 0.0794 e. The van der Waals surface area contributed by atoms with Crippen molar-refractivity contribution in [1.29, 1.82) is 0 Å². The van der Waals surface area contributed by atoms with Crippen molar-refractivity contribution in [1.82, 2.24) is 5.32 Å². The monoisotopic (exact) mass is 295 g/mol. The van der Waals surface area contributed by atoms with E-state index < -0.39 is 0 Å². The van der Waals surface area contributed by atoms with Crippen LogP contribution in [0.2, 0.25) is 5.02 Å². The second-order valence-corrected chi connectivity index (χ2v) is 6.06. The Kier molecular flexibility index (Phi) is 6.34. The van der Waals surface area contributed by atoms with E-state index in [9.17, 15) is 0 Å². The van der Waals surface area contributed by atoms with E-state index in [0.717, 1.165) is 17.1 Å². The van der Waals surface area contributed by atoms with Crippen LogP contribution in [0.3, 0.4) is 0 Å². The first-order chi connectivity index (χ1) is 9.77. The molecule has 1 aromatic carbocycles. The lowest BCUT2D eigenvalue weighted by Gasteiger charge is -2.36. The van der Waals surface area contributed by atoms with E-state index in [1.54, 1.807) is 0 Å². The van der Waals surface area contributed by atoms with Crippen LogP contribution < -0.4 is 5.32 Å². The molecule has 0 radical (unpaired) electrons. The highest BCUT2D eigenvalue weighted by Gasteiger charge is 2.32. The van der Waals surface area contributed by atoms with Crippen LogP contribution in [0.25, 0.3) is 0 Å². The highest BCUT2D eigenvalue weighted by Crippen LogP contribution is 2.36. The molecule has 1 aliphatic carbocycles. The number of hydrogen-bond donors (Lipinski definition) is 1. The Morgan fingerprint density at radius 3 is 2.55 bits per heavy atom. The zero-order valence-corrected chi connectivity index (χ0v) is 13.3. The van der Waals surface area contributed by atoms with E-state index >= 15 is 0 Å². The van der Waals surface area contributed by atoms with Crippen LogP contribution in [-0.4, -0.2) is 19.8 Å². The Bertz CT molecular complexity index is 404. The van der Waals surface area contributed by atoms with Crippen LogP contribution in [0.1, 0.15) is 50.6 Å². The zero-order chi connectivity index (χ0) is 14.4. The highest BCUT2D eigenvalue weighted by atomic mass is 35.5. The summed E-state index contributed by atoms with van der Waals surface area (Å²) in [5.41, 5.74) is 1.16. The number of methoxy groups -OCH3 is 1. The molecule has 2 rings (SSSR count). The van der Waals surface area contributed by atoms with Gasteiger partial charge in [0.1, 0.15) is 0 Å². The molecule has 112 valence electrons. The van der Waals surface area contributed by atoms with Crippen LogP contribution in [0.5, 0.6) is 0 Å². The van der Waals surface area contributed by atoms with Crippen LogP contribution >= 0.6 is 11.6 Å². The quantitative estimate of drug-likeness (QED) is 0.829. The maximum absolute atomic E-state index is 6.40. The maximum atomic E-state index is 6.40. The molecule has 0 spiro atoms. The Morgan fingerprint density at radius 1 is 1.25 bits per heavy atom. The number of ether oxygens (including phenoxy) is 1. The third-order valence-corrected chi connectivity index (χ3v) is 4.72. The summed E-state index contributed by atoms with van der Waals surface area (Å²) >= 11 is 6.40. The lowest BCUT2D eigenvalue weighted by Crippen LogP contribution is -2.39. The molecule has 1 fully saturated rings. The van der Waals surface area contributed by atoms with E-state index in [1.165, 1.54) is 32.1 Å². The van der Waals surface area contributed by atoms with Gasteiger partial charge in [-0.2, -0.15) is 0 Å². The highest BCUT2D eigenvalue weighted by molar-refractivity contribution is 6.31. The third-order valence-electron chi connectivity index (χ3n) is 4.38. The lowest BCUT2D eigenvalue weighted by molar-refractivity contribution is 0.00794. The molecule has 0 heterocycles. The van der Waals surface area contributed by atoms with Crippen molar-refractivity contribution in [3.05, 3.63) is 34.9 Å². The largest absolute Gasteiger partial charge is 0.379 e. The normalized spacial score (nSPS) is 19.8. The predicted octanol–water partition coefficient (Wildman–Crippen LogP) is 4.59. The van der Waals surface area contributed by atoms with Gasteiger partial charge in [0, 0.05) is 12.1 Å². The molecule has 3 heteroatoms. The van der Waals surface area contributed by atoms with E-state index in [4.69, 9.17) is 16.3 Å². The first kappa shape index (κ1) is 15.8. The van der Waals surface area contributed by atoms with Crippen LogP contribution in [0.4, 0.5) is 0 Å². The van der Waals surface area contributed by atoms with Gasteiger partial charge in [-0.15, -0.1) is 0 Å². The van der Waals surface area contributed by atoms with Gasteiger partial charge in [-0.05, 0) is 36.9 Å². The number of likely N-dealkylation sites (N-methyl/N-ethyl adjacent to an activating group) is 1. The number of benzene rings is 1. The first-order valence-electron chi connectivity index (χ1n) is 7.78. The Hall–Kier alpha value is -0.570. The fourth-order valence-electron chi connectivity index (χ4n) is 3.41. The second-order valence-electron chi connectivity index (χ2n) is 5.66. The number of rotatable bonds is 6. The Morgan fingerprint density at radius 2 is 1.95 bits per heavy atom. The number of hydrogen-bond acceptors (Lipinski definition) is 2. The molecule has 0 saturated heterocycles. The topological polar surface area (TPSA) is 21.3 Å². The summed E-state index contributed by atoms with van der Waals surface area (Å²) in [6.07, 6.45) is 6.76. The first-order valence-corrected chi connectivity index (χ1v) is 8.16. The molecule has 1 aromatic rings. The summed E-state index contributed by atoms with van der Waals surface area (Å²) in [5, 5.41) is 4.41. The molecule has 2 unspecified atom stereocenters. The molecule has 1 saturated carbocycles. The Balaban J connectivity index is 2.23. The van der Waals surface area contributed by atoms with E-state index in [0.29, 0.717) is 5.92 Å². The van der Waals surface area contributed by atoms with Gasteiger partial charge in [0.15, 0.2) is 0 Å². The fourth-order valence-corrected chi connectivity index (χ4v) is 3.67. The van der Waals surface area contributed by atoms with E-state index in [2.05, 4.69) is 24.4 Å². The van der Waals surface area contributed by atoms with Crippen LogP contribution in [0.15, 0.2) is 24.3 Å². The van der Waals surface area contributed by atoms with Crippen molar-refractivity contribution >= 4 is 11.6 Å².